The molecule has 1 aromatic heterocycles. The van der Waals surface area contributed by atoms with Crippen molar-refractivity contribution in [1.82, 2.24) is 15.3 Å². The van der Waals surface area contributed by atoms with Crippen LogP contribution in [0.2, 0.25) is 5.02 Å². The fourth-order valence-electron chi connectivity index (χ4n) is 2.79. The van der Waals surface area contributed by atoms with Crippen LogP contribution in [0.3, 0.4) is 0 Å². The summed E-state index contributed by atoms with van der Waals surface area (Å²) in [6, 6.07) is 0. The zero-order valence-corrected chi connectivity index (χ0v) is 12.8. The van der Waals surface area contributed by atoms with Crippen molar-refractivity contribution in [3.63, 3.8) is 0 Å². The molecule has 1 aromatic rings. The van der Waals surface area contributed by atoms with Crippen LogP contribution < -0.4 is 10.2 Å². The lowest BCUT2D eigenvalue weighted by molar-refractivity contribution is -0.148. The van der Waals surface area contributed by atoms with E-state index in [9.17, 15) is 14.7 Å². The molecule has 22 heavy (non-hydrogen) atoms. The van der Waals surface area contributed by atoms with Crippen LogP contribution in [0.5, 0.6) is 0 Å². The third-order valence-corrected chi connectivity index (χ3v) is 4.58. The molecule has 0 radical (unpaired) electrons. The first-order valence-corrected chi connectivity index (χ1v) is 7.73. The molecule has 1 saturated heterocycles. The smallest absolute Gasteiger partial charge is 0.329 e. The Hall–Kier alpha value is -1.89. The van der Waals surface area contributed by atoms with Gasteiger partial charge in [-0.3, -0.25) is 4.79 Å². The standard InChI is InChI=1S/C14H17ClN4O3/c15-9-8-16-13(19-6-1-2-7-19)17-10(9)11(20)18-14(12(21)22)4-3-5-14/h8H,1-7H2,(H,18,20)(H,21,22). The Labute approximate surface area is 132 Å². The largest absolute Gasteiger partial charge is 0.480 e. The fraction of sp³-hybridized carbons (Fsp3) is 0.571. The number of halogens is 1. The Kier molecular flexibility index (Phi) is 3.90. The number of nitrogens with one attached hydrogen (secondary N) is 1. The zero-order valence-electron chi connectivity index (χ0n) is 12.0. The first-order chi connectivity index (χ1) is 10.5. The Bertz CT molecular complexity index is 612. The molecular formula is C14H17ClN4O3. The topological polar surface area (TPSA) is 95.4 Å². The van der Waals surface area contributed by atoms with E-state index in [0.29, 0.717) is 18.8 Å². The van der Waals surface area contributed by atoms with E-state index < -0.39 is 17.4 Å². The Morgan fingerprint density at radius 2 is 1.95 bits per heavy atom. The average Bonchev–Trinajstić information content (AvgIpc) is 2.96. The summed E-state index contributed by atoms with van der Waals surface area (Å²) in [5.41, 5.74) is -1.15. The summed E-state index contributed by atoms with van der Waals surface area (Å²) in [5, 5.41) is 12.0. The van der Waals surface area contributed by atoms with Gasteiger partial charge in [0, 0.05) is 13.1 Å². The summed E-state index contributed by atoms with van der Waals surface area (Å²) in [5.74, 6) is -1.11. The van der Waals surface area contributed by atoms with Gasteiger partial charge in [-0.25, -0.2) is 14.8 Å². The maximum Gasteiger partial charge on any atom is 0.329 e. The maximum atomic E-state index is 12.4. The van der Waals surface area contributed by atoms with Gasteiger partial charge < -0.3 is 15.3 Å². The number of anilines is 1. The summed E-state index contributed by atoms with van der Waals surface area (Å²) < 4.78 is 0. The van der Waals surface area contributed by atoms with Gasteiger partial charge in [0.1, 0.15) is 5.54 Å². The minimum atomic E-state index is -1.18. The molecule has 1 saturated carbocycles. The van der Waals surface area contributed by atoms with Crippen LogP contribution in [0.4, 0.5) is 5.95 Å². The maximum absolute atomic E-state index is 12.4. The number of carboxylic acids is 1. The lowest BCUT2D eigenvalue weighted by atomic mass is 9.76. The van der Waals surface area contributed by atoms with E-state index in [1.807, 2.05) is 4.90 Å². The number of amides is 1. The number of hydrogen-bond donors (Lipinski definition) is 2. The van der Waals surface area contributed by atoms with Crippen molar-refractivity contribution in [3.8, 4) is 0 Å². The van der Waals surface area contributed by atoms with Crippen LogP contribution in [-0.2, 0) is 4.79 Å². The highest BCUT2D eigenvalue weighted by Crippen LogP contribution is 2.32. The van der Waals surface area contributed by atoms with Gasteiger partial charge in [0.05, 0.1) is 11.2 Å². The van der Waals surface area contributed by atoms with Crippen LogP contribution in [0.25, 0.3) is 0 Å². The number of carboxylic acid groups (broad SMARTS) is 1. The molecule has 1 aliphatic carbocycles. The van der Waals surface area contributed by atoms with E-state index in [2.05, 4.69) is 15.3 Å². The van der Waals surface area contributed by atoms with Gasteiger partial charge in [-0.05, 0) is 32.1 Å². The van der Waals surface area contributed by atoms with E-state index in [1.165, 1.54) is 6.20 Å². The quantitative estimate of drug-likeness (QED) is 0.870. The van der Waals surface area contributed by atoms with Crippen LogP contribution in [0.1, 0.15) is 42.6 Å². The Morgan fingerprint density at radius 1 is 1.27 bits per heavy atom. The summed E-state index contributed by atoms with van der Waals surface area (Å²) in [4.78, 5) is 34.1. The summed E-state index contributed by atoms with van der Waals surface area (Å²) >= 11 is 6.02. The van der Waals surface area contributed by atoms with Crippen molar-refractivity contribution in [3.05, 3.63) is 16.9 Å². The second kappa shape index (κ2) is 5.72. The molecule has 8 heteroatoms. The fourth-order valence-corrected chi connectivity index (χ4v) is 2.96. The highest BCUT2D eigenvalue weighted by molar-refractivity contribution is 6.33. The minimum Gasteiger partial charge on any atom is -0.480 e. The van der Waals surface area contributed by atoms with E-state index in [4.69, 9.17) is 11.6 Å². The minimum absolute atomic E-state index is 0.0334. The number of rotatable bonds is 4. The molecule has 0 spiro atoms. The highest BCUT2D eigenvalue weighted by atomic mass is 35.5. The first kappa shape index (κ1) is 15.0. The van der Waals surface area contributed by atoms with Gasteiger partial charge in [0.15, 0.2) is 5.69 Å². The number of aliphatic carboxylic acids is 1. The van der Waals surface area contributed by atoms with E-state index >= 15 is 0 Å². The number of carbonyl (C=O) groups excluding carboxylic acids is 1. The van der Waals surface area contributed by atoms with Gasteiger partial charge >= 0.3 is 5.97 Å². The monoisotopic (exact) mass is 324 g/mol. The van der Waals surface area contributed by atoms with Crippen molar-refractivity contribution in [2.45, 2.75) is 37.6 Å². The number of hydrogen-bond acceptors (Lipinski definition) is 5. The summed E-state index contributed by atoms with van der Waals surface area (Å²) in [6.45, 7) is 1.70. The van der Waals surface area contributed by atoms with Gasteiger partial charge in [-0.1, -0.05) is 11.6 Å². The van der Waals surface area contributed by atoms with Crippen LogP contribution in [0, 0.1) is 0 Å². The third-order valence-electron chi connectivity index (χ3n) is 4.30. The molecule has 3 rings (SSSR count). The predicted molar refractivity (Wildman–Crippen MR) is 80.2 cm³/mol. The number of aromatic nitrogens is 2. The van der Waals surface area contributed by atoms with E-state index in [-0.39, 0.29) is 10.7 Å². The zero-order chi connectivity index (χ0) is 15.7. The normalized spacial score (nSPS) is 19.6. The average molecular weight is 325 g/mol. The molecule has 0 bridgehead atoms. The van der Waals surface area contributed by atoms with Crippen LogP contribution in [-0.4, -0.2) is 45.6 Å². The molecule has 0 unspecified atom stereocenters. The molecule has 118 valence electrons. The van der Waals surface area contributed by atoms with Gasteiger partial charge in [0.25, 0.3) is 5.91 Å². The molecule has 0 atom stereocenters. The molecular weight excluding hydrogens is 308 g/mol. The van der Waals surface area contributed by atoms with Gasteiger partial charge in [-0.2, -0.15) is 0 Å². The van der Waals surface area contributed by atoms with Crippen molar-refractivity contribution >= 4 is 29.4 Å². The Morgan fingerprint density at radius 3 is 2.50 bits per heavy atom. The molecule has 1 aliphatic heterocycles. The molecule has 0 aromatic carbocycles. The van der Waals surface area contributed by atoms with E-state index in [0.717, 1.165) is 32.4 Å². The van der Waals surface area contributed by atoms with Gasteiger partial charge in [0.2, 0.25) is 5.95 Å². The van der Waals surface area contributed by atoms with Crippen molar-refractivity contribution < 1.29 is 14.7 Å². The number of carbonyl (C=O) groups is 2. The first-order valence-electron chi connectivity index (χ1n) is 7.35. The number of nitrogens with zero attached hydrogens (tertiary/aromatic N) is 3. The van der Waals surface area contributed by atoms with Gasteiger partial charge in [-0.15, -0.1) is 0 Å². The predicted octanol–water partition coefficient (Wildman–Crippen LogP) is 1.47. The second-order valence-electron chi connectivity index (χ2n) is 5.76. The van der Waals surface area contributed by atoms with Crippen molar-refractivity contribution in [2.75, 3.05) is 18.0 Å². The Balaban J connectivity index is 1.82. The second-order valence-corrected chi connectivity index (χ2v) is 6.16. The summed E-state index contributed by atoms with van der Waals surface area (Å²) in [7, 11) is 0. The molecule has 2 aliphatic rings. The summed E-state index contributed by atoms with van der Waals surface area (Å²) in [6.07, 6.45) is 5.16. The van der Waals surface area contributed by atoms with E-state index in [1.54, 1.807) is 0 Å². The highest BCUT2D eigenvalue weighted by Gasteiger charge is 2.46. The van der Waals surface area contributed by atoms with Crippen LogP contribution in [0.15, 0.2) is 6.20 Å². The molecule has 2 fully saturated rings. The van der Waals surface area contributed by atoms with Crippen molar-refractivity contribution in [1.29, 1.82) is 0 Å². The van der Waals surface area contributed by atoms with Crippen molar-refractivity contribution in [2.24, 2.45) is 0 Å². The lowest BCUT2D eigenvalue weighted by Gasteiger charge is -2.38. The van der Waals surface area contributed by atoms with Crippen LogP contribution >= 0.6 is 11.6 Å². The SMILES string of the molecule is O=C(NC1(C(=O)O)CCC1)c1nc(N2CCCC2)ncc1Cl. The molecule has 7 nitrogen and oxygen atoms in total. The molecule has 1 amide bonds. The molecule has 2 heterocycles. The third kappa shape index (κ3) is 2.61. The lowest BCUT2D eigenvalue weighted by Crippen LogP contribution is -2.59. The molecule has 2 N–H and O–H groups in total.